The van der Waals surface area contributed by atoms with Gasteiger partial charge in [-0.3, -0.25) is 4.72 Å². The number of rotatable bonds is 6. The van der Waals surface area contributed by atoms with Crippen molar-refractivity contribution in [3.8, 4) is 0 Å². The van der Waals surface area contributed by atoms with E-state index in [9.17, 15) is 8.42 Å². The highest BCUT2D eigenvalue weighted by molar-refractivity contribution is 7.93. The minimum absolute atomic E-state index is 0.0955. The molecule has 0 amide bonds. The van der Waals surface area contributed by atoms with E-state index in [1.54, 1.807) is 0 Å². The zero-order valence-corrected chi connectivity index (χ0v) is 18.9. The predicted octanol–water partition coefficient (Wildman–Crippen LogP) is 6.47. The van der Waals surface area contributed by atoms with Crippen LogP contribution in [0.1, 0.15) is 76.0 Å². The van der Waals surface area contributed by atoms with Crippen molar-refractivity contribution >= 4 is 36.7 Å². The third-order valence-electron chi connectivity index (χ3n) is 4.86. The smallest absolute Gasteiger partial charge is 0.255 e. The number of hydrogen-bond acceptors (Lipinski definition) is 4. The molecule has 1 aromatic heterocycles. The second-order valence-corrected chi connectivity index (χ2v) is 10.7. The Morgan fingerprint density at radius 2 is 1.46 bits per heavy atom. The minimum atomic E-state index is -3.76. The first-order chi connectivity index (χ1) is 13.1. The van der Waals surface area contributed by atoms with Crippen LogP contribution in [0.2, 0.25) is 0 Å². The molecule has 0 atom stereocenters. The van der Waals surface area contributed by atoms with Crippen molar-refractivity contribution in [1.82, 2.24) is 4.98 Å². The average Bonchev–Trinajstić information content (AvgIpc) is 3.01. The maximum Gasteiger partial charge on any atom is 0.264 e. The van der Waals surface area contributed by atoms with E-state index >= 15 is 0 Å². The number of benzene rings is 2. The van der Waals surface area contributed by atoms with Crippen LogP contribution < -0.4 is 4.72 Å². The molecule has 4 nitrogen and oxygen atoms in total. The molecule has 0 bridgehead atoms. The van der Waals surface area contributed by atoms with Crippen molar-refractivity contribution in [3.63, 3.8) is 0 Å². The van der Waals surface area contributed by atoms with Crippen molar-refractivity contribution in [2.24, 2.45) is 0 Å². The molecule has 0 fully saturated rings. The first-order valence-electron chi connectivity index (χ1n) is 9.66. The molecular weight excluding hydrogens is 388 g/mol. The molecule has 3 aromatic rings. The fraction of sp³-hybridized carbons (Fsp3) is 0.409. The summed E-state index contributed by atoms with van der Waals surface area (Å²) in [4.78, 5) is 4.85. The van der Waals surface area contributed by atoms with E-state index in [0.29, 0.717) is 15.9 Å². The van der Waals surface area contributed by atoms with Gasteiger partial charge in [0, 0.05) is 0 Å². The Kier molecular flexibility index (Phi) is 5.82. The highest BCUT2D eigenvalue weighted by Crippen LogP contribution is 2.36. The largest absolute Gasteiger partial charge is 0.264 e. The van der Waals surface area contributed by atoms with Crippen LogP contribution in [0.4, 0.5) is 5.13 Å². The second-order valence-electron chi connectivity index (χ2n) is 8.08. The van der Waals surface area contributed by atoms with E-state index in [1.165, 1.54) is 16.9 Å². The van der Waals surface area contributed by atoms with Crippen LogP contribution in [0.5, 0.6) is 0 Å². The van der Waals surface area contributed by atoms with E-state index in [2.05, 4.69) is 23.6 Å². The lowest BCUT2D eigenvalue weighted by atomic mass is 9.89. The first kappa shape index (κ1) is 20.8. The van der Waals surface area contributed by atoms with Crippen molar-refractivity contribution in [3.05, 3.63) is 53.1 Å². The lowest BCUT2D eigenvalue weighted by molar-refractivity contribution is 0.595. The van der Waals surface area contributed by atoms with Gasteiger partial charge >= 0.3 is 0 Å². The molecule has 0 unspecified atom stereocenters. The fourth-order valence-electron chi connectivity index (χ4n) is 3.28. The molecule has 0 radical (unpaired) electrons. The number of aromatic nitrogens is 1. The summed E-state index contributed by atoms with van der Waals surface area (Å²) in [7, 11) is -3.76. The number of sulfonamides is 1. The molecule has 0 saturated carbocycles. The standard InChI is InChI=1S/C22H28N2O2S2/c1-13(2)16-11-17(14(3)4)21(18(12-16)15(5)6)28(25,26)24-22-23-19-9-7-8-10-20(19)27-22/h7-15H,1-6H3,(H,23,24). The van der Waals surface area contributed by atoms with Crippen molar-refractivity contribution in [2.45, 2.75) is 64.2 Å². The maximum absolute atomic E-state index is 13.5. The van der Waals surface area contributed by atoms with Gasteiger partial charge in [-0.1, -0.05) is 77.1 Å². The van der Waals surface area contributed by atoms with E-state index < -0.39 is 10.0 Å². The van der Waals surface area contributed by atoms with Gasteiger partial charge in [0.25, 0.3) is 10.0 Å². The third-order valence-corrected chi connectivity index (χ3v) is 7.42. The normalized spacial score (nSPS) is 12.5. The molecule has 3 rings (SSSR count). The molecule has 1 heterocycles. The highest BCUT2D eigenvalue weighted by atomic mass is 32.2. The maximum atomic E-state index is 13.5. The van der Waals surface area contributed by atoms with Gasteiger partial charge in [0.15, 0.2) is 5.13 Å². The molecule has 0 saturated heterocycles. The van der Waals surface area contributed by atoms with Crippen LogP contribution in [0.3, 0.4) is 0 Å². The number of hydrogen-bond donors (Lipinski definition) is 1. The van der Waals surface area contributed by atoms with Gasteiger partial charge in [-0.2, -0.15) is 0 Å². The van der Waals surface area contributed by atoms with Crippen molar-refractivity contribution in [2.75, 3.05) is 4.72 Å². The summed E-state index contributed by atoms with van der Waals surface area (Å²) in [6.45, 7) is 12.4. The van der Waals surface area contributed by atoms with Gasteiger partial charge in [-0.25, -0.2) is 13.4 Å². The molecule has 28 heavy (non-hydrogen) atoms. The average molecular weight is 417 g/mol. The van der Waals surface area contributed by atoms with Crippen molar-refractivity contribution < 1.29 is 8.42 Å². The summed E-state index contributed by atoms with van der Waals surface area (Å²) in [5.74, 6) is 0.528. The van der Waals surface area contributed by atoms with Crippen LogP contribution in [-0.4, -0.2) is 13.4 Å². The predicted molar refractivity (Wildman–Crippen MR) is 119 cm³/mol. The summed E-state index contributed by atoms with van der Waals surface area (Å²) in [5, 5.41) is 0.401. The zero-order chi connectivity index (χ0) is 20.6. The quantitative estimate of drug-likeness (QED) is 0.501. The van der Waals surface area contributed by atoms with E-state index in [0.717, 1.165) is 21.3 Å². The molecule has 0 spiro atoms. The number of anilines is 1. The highest BCUT2D eigenvalue weighted by Gasteiger charge is 2.27. The number of para-hydroxylation sites is 1. The second kappa shape index (κ2) is 7.84. The fourth-order valence-corrected chi connectivity index (χ4v) is 6.08. The molecule has 2 aromatic carbocycles. The number of thiazole rings is 1. The Balaban J connectivity index is 2.16. The summed E-state index contributed by atoms with van der Waals surface area (Å²) in [6.07, 6.45) is 0. The molecular formula is C22H28N2O2S2. The Morgan fingerprint density at radius 3 is 1.96 bits per heavy atom. The third kappa shape index (κ3) is 4.08. The lowest BCUT2D eigenvalue weighted by Gasteiger charge is -2.22. The first-order valence-corrected chi connectivity index (χ1v) is 12.0. The van der Waals surface area contributed by atoms with Crippen LogP contribution in [0.15, 0.2) is 41.3 Å². The van der Waals surface area contributed by atoms with Gasteiger partial charge in [0.05, 0.1) is 15.1 Å². The molecule has 0 aliphatic rings. The van der Waals surface area contributed by atoms with Crippen LogP contribution in [-0.2, 0) is 10.0 Å². The van der Waals surface area contributed by atoms with E-state index in [-0.39, 0.29) is 11.8 Å². The lowest BCUT2D eigenvalue weighted by Crippen LogP contribution is -2.19. The van der Waals surface area contributed by atoms with Gasteiger partial charge in [0.2, 0.25) is 0 Å². The van der Waals surface area contributed by atoms with Gasteiger partial charge < -0.3 is 0 Å². The Labute approximate surface area is 172 Å². The summed E-state index contributed by atoms with van der Waals surface area (Å²) in [6, 6.07) is 11.8. The molecule has 6 heteroatoms. The minimum Gasteiger partial charge on any atom is -0.255 e. The molecule has 150 valence electrons. The van der Waals surface area contributed by atoms with Crippen LogP contribution in [0.25, 0.3) is 10.2 Å². The van der Waals surface area contributed by atoms with Crippen LogP contribution in [0, 0.1) is 0 Å². The summed E-state index contributed by atoms with van der Waals surface area (Å²) in [5.41, 5.74) is 3.70. The van der Waals surface area contributed by atoms with Crippen LogP contribution >= 0.6 is 11.3 Å². The Morgan fingerprint density at radius 1 is 0.893 bits per heavy atom. The number of nitrogens with one attached hydrogen (secondary N) is 1. The van der Waals surface area contributed by atoms with Crippen molar-refractivity contribution in [1.29, 1.82) is 0 Å². The monoisotopic (exact) mass is 416 g/mol. The summed E-state index contributed by atoms with van der Waals surface area (Å²) < 4.78 is 30.6. The zero-order valence-electron chi connectivity index (χ0n) is 17.3. The number of fused-ring (bicyclic) bond motifs is 1. The molecule has 0 aliphatic heterocycles. The number of nitrogens with zero attached hydrogens (tertiary/aromatic N) is 1. The van der Waals surface area contributed by atoms with Gasteiger partial charge in [-0.15, -0.1) is 0 Å². The molecule has 1 N–H and O–H groups in total. The SMILES string of the molecule is CC(C)c1cc(C(C)C)c(S(=O)(=O)Nc2nc3ccccc3s2)c(C(C)C)c1. The van der Waals surface area contributed by atoms with E-state index in [1.807, 2.05) is 64.1 Å². The van der Waals surface area contributed by atoms with Gasteiger partial charge in [-0.05, 0) is 46.6 Å². The topological polar surface area (TPSA) is 59.1 Å². The molecule has 0 aliphatic carbocycles. The Bertz CT molecular complexity index is 1030. The Hall–Kier alpha value is -1.92. The summed E-state index contributed by atoms with van der Waals surface area (Å²) >= 11 is 1.35. The van der Waals surface area contributed by atoms with E-state index in [4.69, 9.17) is 0 Å². The van der Waals surface area contributed by atoms with Gasteiger partial charge in [0.1, 0.15) is 0 Å².